The van der Waals surface area contributed by atoms with E-state index in [1.807, 2.05) is 13.8 Å². The minimum absolute atomic E-state index is 0.0560. The minimum atomic E-state index is -0.567. The molecule has 3 unspecified atom stereocenters. The highest BCUT2D eigenvalue weighted by Gasteiger charge is 2.31. The van der Waals surface area contributed by atoms with Crippen LogP contribution in [0.15, 0.2) is 0 Å². The maximum atomic E-state index is 11.9. The third-order valence-corrected chi connectivity index (χ3v) is 2.83. The van der Waals surface area contributed by atoms with Gasteiger partial charge in [-0.05, 0) is 13.8 Å². The molecule has 1 amide bonds. The third kappa shape index (κ3) is 2.90. The van der Waals surface area contributed by atoms with Crippen LogP contribution < -0.4 is 5.73 Å². The molecule has 1 fully saturated rings. The summed E-state index contributed by atoms with van der Waals surface area (Å²) in [5.41, 5.74) is 5.71. The predicted molar refractivity (Wildman–Crippen MR) is 56.4 cm³/mol. The van der Waals surface area contributed by atoms with Crippen molar-refractivity contribution < 1.29 is 14.3 Å². The molecule has 0 aromatic carbocycles. The number of methoxy groups -OCH3 is 1. The molecule has 15 heavy (non-hydrogen) atoms. The van der Waals surface area contributed by atoms with Crippen molar-refractivity contribution in [1.82, 2.24) is 4.90 Å². The van der Waals surface area contributed by atoms with Crippen LogP contribution in [-0.4, -0.2) is 55.9 Å². The van der Waals surface area contributed by atoms with Gasteiger partial charge in [0.25, 0.3) is 0 Å². The third-order valence-electron chi connectivity index (χ3n) is 2.83. The number of nitrogens with two attached hydrogens (primary N) is 1. The first-order valence-electron chi connectivity index (χ1n) is 5.24. The molecule has 88 valence electrons. The number of amides is 1. The highest BCUT2D eigenvalue weighted by molar-refractivity contribution is 5.82. The number of hydrogen-bond donors (Lipinski definition) is 1. The van der Waals surface area contributed by atoms with E-state index in [1.54, 1.807) is 12.0 Å². The quantitative estimate of drug-likeness (QED) is 0.697. The SMILES string of the molecule is COCC(N)C(=O)N1CCOC(C)C1C. The zero-order valence-electron chi connectivity index (χ0n) is 9.60. The Labute approximate surface area is 90.5 Å². The van der Waals surface area contributed by atoms with Gasteiger partial charge in [0.2, 0.25) is 5.91 Å². The Morgan fingerprint density at radius 2 is 2.33 bits per heavy atom. The molecule has 1 saturated heterocycles. The van der Waals surface area contributed by atoms with Gasteiger partial charge >= 0.3 is 0 Å². The fraction of sp³-hybridized carbons (Fsp3) is 0.900. The van der Waals surface area contributed by atoms with E-state index >= 15 is 0 Å². The van der Waals surface area contributed by atoms with E-state index in [-0.39, 0.29) is 24.7 Å². The summed E-state index contributed by atoms with van der Waals surface area (Å²) >= 11 is 0. The van der Waals surface area contributed by atoms with Crippen LogP contribution in [0.2, 0.25) is 0 Å². The highest BCUT2D eigenvalue weighted by atomic mass is 16.5. The van der Waals surface area contributed by atoms with Gasteiger partial charge in [0.15, 0.2) is 0 Å². The predicted octanol–water partition coefficient (Wildman–Crippen LogP) is -0.404. The van der Waals surface area contributed by atoms with Crippen molar-refractivity contribution in [3.8, 4) is 0 Å². The summed E-state index contributed by atoms with van der Waals surface area (Å²) < 4.78 is 10.3. The topological polar surface area (TPSA) is 64.8 Å². The van der Waals surface area contributed by atoms with Crippen molar-refractivity contribution in [3.05, 3.63) is 0 Å². The van der Waals surface area contributed by atoms with Crippen LogP contribution in [0.4, 0.5) is 0 Å². The lowest BCUT2D eigenvalue weighted by Gasteiger charge is -2.38. The lowest BCUT2D eigenvalue weighted by molar-refractivity contribution is -0.146. The molecule has 3 atom stereocenters. The number of ether oxygens (including phenoxy) is 2. The van der Waals surface area contributed by atoms with Crippen LogP contribution in [0.5, 0.6) is 0 Å². The van der Waals surface area contributed by atoms with E-state index < -0.39 is 6.04 Å². The van der Waals surface area contributed by atoms with Crippen LogP contribution in [0, 0.1) is 0 Å². The molecule has 5 heteroatoms. The molecule has 0 radical (unpaired) electrons. The maximum Gasteiger partial charge on any atom is 0.242 e. The summed E-state index contributed by atoms with van der Waals surface area (Å²) in [6, 6.07) is -0.489. The zero-order chi connectivity index (χ0) is 11.4. The van der Waals surface area contributed by atoms with E-state index in [2.05, 4.69) is 0 Å². The Bertz CT molecular complexity index is 223. The van der Waals surface area contributed by atoms with Crippen LogP contribution in [0.3, 0.4) is 0 Å². The molecule has 2 N–H and O–H groups in total. The van der Waals surface area contributed by atoms with Crippen LogP contribution in [-0.2, 0) is 14.3 Å². The molecule has 1 rings (SSSR count). The van der Waals surface area contributed by atoms with Crippen molar-refractivity contribution in [2.45, 2.75) is 32.0 Å². The Hall–Kier alpha value is -0.650. The fourth-order valence-corrected chi connectivity index (χ4v) is 1.71. The van der Waals surface area contributed by atoms with E-state index in [4.69, 9.17) is 15.2 Å². The molecule has 0 bridgehead atoms. The molecule has 0 aliphatic carbocycles. The second-order valence-electron chi connectivity index (χ2n) is 3.91. The Morgan fingerprint density at radius 3 is 2.93 bits per heavy atom. The van der Waals surface area contributed by atoms with Gasteiger partial charge in [-0.15, -0.1) is 0 Å². The zero-order valence-corrected chi connectivity index (χ0v) is 9.60. The monoisotopic (exact) mass is 216 g/mol. The van der Waals surface area contributed by atoms with E-state index in [0.717, 1.165) is 0 Å². The lowest BCUT2D eigenvalue weighted by atomic mass is 10.1. The summed E-state index contributed by atoms with van der Waals surface area (Å²) in [6.07, 6.45) is 0.0671. The first-order valence-corrected chi connectivity index (χ1v) is 5.24. The normalized spacial score (nSPS) is 28.9. The summed E-state index contributed by atoms with van der Waals surface area (Å²) in [4.78, 5) is 13.7. The Balaban J connectivity index is 2.57. The lowest BCUT2D eigenvalue weighted by Crippen LogP contribution is -2.56. The molecule has 0 saturated carbocycles. The molecule has 0 aromatic rings. The minimum Gasteiger partial charge on any atom is -0.383 e. The largest absolute Gasteiger partial charge is 0.383 e. The molecule has 1 aliphatic rings. The molecule has 5 nitrogen and oxygen atoms in total. The van der Waals surface area contributed by atoms with Crippen LogP contribution >= 0.6 is 0 Å². The van der Waals surface area contributed by atoms with Gasteiger partial charge in [0.05, 0.1) is 25.4 Å². The Kier molecular flexibility index (Phi) is 4.50. The molecular formula is C10H20N2O3. The fourth-order valence-electron chi connectivity index (χ4n) is 1.71. The summed E-state index contributed by atoms with van der Waals surface area (Å²) in [7, 11) is 1.54. The standard InChI is InChI=1S/C10H20N2O3/c1-7-8(2)15-5-4-12(7)10(13)9(11)6-14-3/h7-9H,4-6,11H2,1-3H3. The number of carbonyl (C=O) groups is 1. The van der Waals surface area contributed by atoms with Gasteiger partial charge < -0.3 is 20.1 Å². The van der Waals surface area contributed by atoms with Crippen molar-refractivity contribution in [2.24, 2.45) is 5.73 Å². The van der Waals surface area contributed by atoms with Crippen molar-refractivity contribution >= 4 is 5.91 Å². The van der Waals surface area contributed by atoms with E-state index in [0.29, 0.717) is 13.2 Å². The maximum absolute atomic E-state index is 11.9. The molecular weight excluding hydrogens is 196 g/mol. The van der Waals surface area contributed by atoms with Gasteiger partial charge in [0, 0.05) is 13.7 Å². The first-order chi connectivity index (χ1) is 7.07. The summed E-state index contributed by atoms with van der Waals surface area (Å²) in [5, 5.41) is 0. The molecule has 1 aliphatic heterocycles. The average molecular weight is 216 g/mol. The van der Waals surface area contributed by atoms with Crippen molar-refractivity contribution in [2.75, 3.05) is 26.9 Å². The van der Waals surface area contributed by atoms with Crippen molar-refractivity contribution in [1.29, 1.82) is 0 Å². The molecule has 1 heterocycles. The van der Waals surface area contributed by atoms with Crippen LogP contribution in [0.25, 0.3) is 0 Å². The van der Waals surface area contributed by atoms with Crippen LogP contribution in [0.1, 0.15) is 13.8 Å². The number of carbonyl (C=O) groups excluding carboxylic acids is 1. The second-order valence-corrected chi connectivity index (χ2v) is 3.91. The first kappa shape index (κ1) is 12.4. The van der Waals surface area contributed by atoms with Gasteiger partial charge in [0.1, 0.15) is 6.04 Å². The number of hydrogen-bond acceptors (Lipinski definition) is 4. The number of nitrogens with zero attached hydrogens (tertiary/aromatic N) is 1. The van der Waals surface area contributed by atoms with Gasteiger partial charge in [-0.25, -0.2) is 0 Å². The Morgan fingerprint density at radius 1 is 1.67 bits per heavy atom. The number of rotatable bonds is 3. The smallest absolute Gasteiger partial charge is 0.242 e. The number of morpholine rings is 1. The molecule has 0 spiro atoms. The van der Waals surface area contributed by atoms with Gasteiger partial charge in [-0.1, -0.05) is 0 Å². The van der Waals surface area contributed by atoms with Crippen molar-refractivity contribution in [3.63, 3.8) is 0 Å². The van der Waals surface area contributed by atoms with E-state index in [1.165, 1.54) is 0 Å². The summed E-state index contributed by atoms with van der Waals surface area (Å²) in [6.45, 7) is 5.39. The second kappa shape index (κ2) is 5.44. The van der Waals surface area contributed by atoms with E-state index in [9.17, 15) is 4.79 Å². The summed E-state index contributed by atoms with van der Waals surface area (Å²) in [5.74, 6) is -0.0560. The highest BCUT2D eigenvalue weighted by Crippen LogP contribution is 2.14. The average Bonchev–Trinajstić information content (AvgIpc) is 2.21. The molecule has 0 aromatic heterocycles. The van der Waals surface area contributed by atoms with Gasteiger partial charge in [-0.3, -0.25) is 4.79 Å². The van der Waals surface area contributed by atoms with Gasteiger partial charge in [-0.2, -0.15) is 0 Å².